The van der Waals surface area contributed by atoms with Crippen LogP contribution >= 0.6 is 15.9 Å². The van der Waals surface area contributed by atoms with Crippen LogP contribution in [0.25, 0.3) is 0 Å². The summed E-state index contributed by atoms with van der Waals surface area (Å²) in [6.45, 7) is 5.43. The average Bonchev–Trinajstić information content (AvgIpc) is 2.92. The molecule has 112 valence electrons. The van der Waals surface area contributed by atoms with E-state index in [-0.39, 0.29) is 18.6 Å². The molecular formula is C14H21BrN2O3. The van der Waals surface area contributed by atoms with Crippen LogP contribution in [0.5, 0.6) is 0 Å². The number of aryl methyl sites for hydroxylation is 1. The Morgan fingerprint density at radius 3 is 3.05 bits per heavy atom. The Kier molecular flexibility index (Phi) is 4.88. The molecule has 0 saturated carbocycles. The molecule has 0 spiro atoms. The molecule has 0 radical (unpaired) electrons. The highest BCUT2D eigenvalue weighted by Crippen LogP contribution is 2.25. The van der Waals surface area contributed by atoms with Crippen LogP contribution in [-0.2, 0) is 11.3 Å². The lowest BCUT2D eigenvalue weighted by molar-refractivity contribution is -0.0252. The van der Waals surface area contributed by atoms with Crippen molar-refractivity contribution in [1.29, 1.82) is 0 Å². The minimum Gasteiger partial charge on any atom is -0.385 e. The molecule has 0 aromatic carbocycles. The van der Waals surface area contributed by atoms with Crippen molar-refractivity contribution in [3.05, 3.63) is 22.4 Å². The number of ether oxygens (including phenoxy) is 1. The summed E-state index contributed by atoms with van der Waals surface area (Å²) in [5.41, 5.74) is -0.358. The minimum absolute atomic E-state index is 0.170. The van der Waals surface area contributed by atoms with Crippen molar-refractivity contribution in [2.75, 3.05) is 13.2 Å². The first kappa shape index (κ1) is 15.5. The summed E-state index contributed by atoms with van der Waals surface area (Å²) in [6.07, 6.45) is 3.15. The Labute approximate surface area is 127 Å². The zero-order valence-electron chi connectivity index (χ0n) is 11.9. The molecule has 20 heavy (non-hydrogen) atoms. The van der Waals surface area contributed by atoms with Crippen molar-refractivity contribution in [3.8, 4) is 0 Å². The number of rotatable bonds is 5. The molecule has 1 fully saturated rings. The average molecular weight is 345 g/mol. The van der Waals surface area contributed by atoms with Gasteiger partial charge >= 0.3 is 0 Å². The van der Waals surface area contributed by atoms with Gasteiger partial charge in [-0.3, -0.25) is 4.79 Å². The first-order valence-electron chi connectivity index (χ1n) is 6.94. The highest BCUT2D eigenvalue weighted by molar-refractivity contribution is 9.10. The zero-order chi connectivity index (χ0) is 14.8. The van der Waals surface area contributed by atoms with Crippen LogP contribution in [-0.4, -0.2) is 40.4 Å². The Bertz CT molecular complexity index is 489. The number of halogens is 1. The van der Waals surface area contributed by atoms with Gasteiger partial charge < -0.3 is 19.7 Å². The first-order chi connectivity index (χ1) is 9.46. The van der Waals surface area contributed by atoms with Crippen molar-refractivity contribution in [1.82, 2.24) is 9.88 Å². The third-order valence-corrected chi connectivity index (χ3v) is 4.21. The van der Waals surface area contributed by atoms with Crippen molar-refractivity contribution >= 4 is 21.8 Å². The summed E-state index contributed by atoms with van der Waals surface area (Å²) in [4.78, 5) is 12.3. The van der Waals surface area contributed by atoms with E-state index in [9.17, 15) is 9.90 Å². The topological polar surface area (TPSA) is 63.5 Å². The molecule has 0 bridgehead atoms. The third kappa shape index (κ3) is 3.24. The maximum absolute atomic E-state index is 12.3. The van der Waals surface area contributed by atoms with Crippen LogP contribution < -0.4 is 5.32 Å². The van der Waals surface area contributed by atoms with Gasteiger partial charge in [0.15, 0.2) is 0 Å². The summed E-state index contributed by atoms with van der Waals surface area (Å²) in [5, 5.41) is 13.2. The Morgan fingerprint density at radius 1 is 1.70 bits per heavy atom. The van der Waals surface area contributed by atoms with Crippen LogP contribution in [0.2, 0.25) is 0 Å². The van der Waals surface area contributed by atoms with Crippen LogP contribution in [0, 0.1) is 0 Å². The van der Waals surface area contributed by atoms with Gasteiger partial charge in [-0.15, -0.1) is 0 Å². The highest BCUT2D eigenvalue weighted by atomic mass is 79.9. The van der Waals surface area contributed by atoms with Gasteiger partial charge in [0.25, 0.3) is 5.91 Å². The van der Waals surface area contributed by atoms with Crippen LogP contribution in [0.3, 0.4) is 0 Å². The molecule has 1 aliphatic rings. The number of nitrogens with one attached hydrogen (secondary N) is 1. The zero-order valence-corrected chi connectivity index (χ0v) is 13.4. The van der Waals surface area contributed by atoms with Crippen molar-refractivity contribution < 1.29 is 14.6 Å². The van der Waals surface area contributed by atoms with Crippen molar-refractivity contribution in [3.63, 3.8) is 0 Å². The molecule has 2 rings (SSSR count). The van der Waals surface area contributed by atoms with E-state index in [4.69, 9.17) is 4.74 Å². The van der Waals surface area contributed by atoms with Gasteiger partial charge in [0.2, 0.25) is 0 Å². The maximum atomic E-state index is 12.3. The molecule has 2 atom stereocenters. The second kappa shape index (κ2) is 6.28. The molecule has 1 saturated heterocycles. The van der Waals surface area contributed by atoms with E-state index in [2.05, 4.69) is 28.2 Å². The summed E-state index contributed by atoms with van der Waals surface area (Å²) in [5.74, 6) is -0.170. The monoisotopic (exact) mass is 344 g/mol. The fraction of sp³-hybridized carbons (Fsp3) is 0.643. The lowest BCUT2D eigenvalue weighted by Crippen LogP contribution is -2.47. The molecule has 1 aliphatic heterocycles. The molecule has 1 amide bonds. The number of aliphatic hydroxyl groups is 1. The van der Waals surface area contributed by atoms with E-state index in [0.717, 1.165) is 17.4 Å². The molecule has 2 heterocycles. The quantitative estimate of drug-likeness (QED) is 0.857. The number of carbonyl (C=O) groups is 1. The fourth-order valence-corrected chi connectivity index (χ4v) is 2.88. The second-order valence-corrected chi connectivity index (χ2v) is 6.20. The standard InChI is InChI=1S/C14H21BrN2O3/c1-3-5-17-8-11(15)7-12(17)13(18)16-9-14(19)4-6-20-10(14)2/h7-8,10,19H,3-6,9H2,1-2H3,(H,16,18). The molecule has 5 nitrogen and oxygen atoms in total. The molecule has 0 aliphatic carbocycles. The van der Waals surface area contributed by atoms with E-state index < -0.39 is 5.60 Å². The number of nitrogens with zero attached hydrogens (tertiary/aromatic N) is 1. The molecule has 1 aromatic heterocycles. The van der Waals surface area contributed by atoms with Gasteiger partial charge in [-0.1, -0.05) is 6.92 Å². The number of hydrogen-bond donors (Lipinski definition) is 2. The lowest BCUT2D eigenvalue weighted by Gasteiger charge is -2.26. The predicted octanol–water partition coefficient (Wildman–Crippen LogP) is 1.93. The fourth-order valence-electron chi connectivity index (χ4n) is 2.42. The summed E-state index contributed by atoms with van der Waals surface area (Å²) in [6, 6.07) is 1.80. The normalized spacial score (nSPS) is 25.9. The summed E-state index contributed by atoms with van der Waals surface area (Å²) >= 11 is 3.39. The molecule has 2 N–H and O–H groups in total. The first-order valence-corrected chi connectivity index (χ1v) is 7.73. The van der Waals surface area contributed by atoms with Gasteiger partial charge in [-0.2, -0.15) is 0 Å². The van der Waals surface area contributed by atoms with Crippen molar-refractivity contribution in [2.45, 2.75) is 44.9 Å². The number of aromatic nitrogens is 1. The minimum atomic E-state index is -0.963. The predicted molar refractivity (Wildman–Crippen MR) is 79.7 cm³/mol. The summed E-state index contributed by atoms with van der Waals surface area (Å²) in [7, 11) is 0. The SMILES string of the molecule is CCCn1cc(Br)cc1C(=O)NCC1(O)CCOC1C. The van der Waals surface area contributed by atoms with Crippen LogP contribution in [0.4, 0.5) is 0 Å². The van der Waals surface area contributed by atoms with Gasteiger partial charge in [0, 0.05) is 36.8 Å². The number of amides is 1. The van der Waals surface area contributed by atoms with Gasteiger partial charge in [0.1, 0.15) is 11.3 Å². The molecule has 1 aromatic rings. The van der Waals surface area contributed by atoms with Gasteiger partial charge in [-0.25, -0.2) is 0 Å². The van der Waals surface area contributed by atoms with Crippen molar-refractivity contribution in [2.24, 2.45) is 0 Å². The molecular weight excluding hydrogens is 324 g/mol. The van der Waals surface area contributed by atoms with E-state index in [0.29, 0.717) is 18.7 Å². The van der Waals surface area contributed by atoms with E-state index in [1.54, 1.807) is 6.07 Å². The summed E-state index contributed by atoms with van der Waals surface area (Å²) < 4.78 is 8.16. The van der Waals surface area contributed by atoms with Gasteiger partial charge in [-0.05, 0) is 35.3 Å². The molecule has 2 unspecified atom stereocenters. The van der Waals surface area contributed by atoms with Crippen LogP contribution in [0.1, 0.15) is 37.2 Å². The Morgan fingerprint density at radius 2 is 2.45 bits per heavy atom. The van der Waals surface area contributed by atoms with E-state index in [1.165, 1.54) is 0 Å². The number of hydrogen-bond acceptors (Lipinski definition) is 3. The largest absolute Gasteiger partial charge is 0.385 e. The van der Waals surface area contributed by atoms with E-state index in [1.807, 2.05) is 17.7 Å². The lowest BCUT2D eigenvalue weighted by atomic mass is 9.97. The highest BCUT2D eigenvalue weighted by Gasteiger charge is 2.39. The maximum Gasteiger partial charge on any atom is 0.268 e. The molecule has 6 heteroatoms. The Hall–Kier alpha value is -0.850. The number of carbonyl (C=O) groups excluding carboxylic acids is 1. The third-order valence-electron chi connectivity index (χ3n) is 3.77. The van der Waals surface area contributed by atoms with Crippen LogP contribution in [0.15, 0.2) is 16.7 Å². The van der Waals surface area contributed by atoms with E-state index >= 15 is 0 Å². The Balaban J connectivity index is 2.01. The smallest absolute Gasteiger partial charge is 0.268 e. The second-order valence-electron chi connectivity index (χ2n) is 5.29. The van der Waals surface area contributed by atoms with Gasteiger partial charge in [0.05, 0.1) is 6.10 Å².